The van der Waals surface area contributed by atoms with Crippen molar-refractivity contribution in [2.75, 3.05) is 12.4 Å². The van der Waals surface area contributed by atoms with Crippen LogP contribution in [0, 0.1) is 10.1 Å². The lowest BCUT2D eigenvalue weighted by Crippen LogP contribution is -2.26. The summed E-state index contributed by atoms with van der Waals surface area (Å²) in [7, 11) is 1.59. The SMILES string of the molecule is CNc1ccc(C(=O)N[C@@H](C)c2cc3ccccc3o2)cc1[N+](=O)[O-]. The number of fused-ring (bicyclic) bond motifs is 1. The van der Waals surface area contributed by atoms with E-state index in [-0.39, 0.29) is 17.3 Å². The number of nitro groups is 1. The van der Waals surface area contributed by atoms with Gasteiger partial charge in [0.1, 0.15) is 17.0 Å². The van der Waals surface area contributed by atoms with E-state index in [0.717, 1.165) is 11.0 Å². The standard InChI is InChI=1S/C18H17N3O4/c1-11(17-10-12-5-3-4-6-16(12)25-17)20-18(22)13-7-8-14(19-2)15(9-13)21(23)24/h3-11,19H,1-2H3,(H,20,22)/t11-/m0/s1. The molecular formula is C18H17N3O4. The average molecular weight is 339 g/mol. The van der Waals surface area contributed by atoms with Crippen LogP contribution in [-0.4, -0.2) is 17.9 Å². The molecule has 3 aromatic rings. The summed E-state index contributed by atoms with van der Waals surface area (Å²) in [5.41, 5.74) is 1.17. The molecule has 1 aromatic heterocycles. The molecule has 0 bridgehead atoms. The predicted molar refractivity (Wildman–Crippen MR) is 94.7 cm³/mol. The Kier molecular flexibility index (Phi) is 4.38. The molecule has 3 rings (SSSR count). The third kappa shape index (κ3) is 3.30. The second-order valence-electron chi connectivity index (χ2n) is 5.62. The van der Waals surface area contributed by atoms with Gasteiger partial charge in [-0.25, -0.2) is 0 Å². The van der Waals surface area contributed by atoms with Crippen LogP contribution in [0.25, 0.3) is 11.0 Å². The van der Waals surface area contributed by atoms with E-state index in [4.69, 9.17) is 4.42 Å². The highest BCUT2D eigenvalue weighted by Gasteiger charge is 2.19. The van der Waals surface area contributed by atoms with Gasteiger partial charge in [0, 0.05) is 24.1 Å². The highest BCUT2D eigenvalue weighted by atomic mass is 16.6. The van der Waals surface area contributed by atoms with Crippen molar-refractivity contribution in [3.63, 3.8) is 0 Å². The maximum absolute atomic E-state index is 12.4. The summed E-state index contributed by atoms with van der Waals surface area (Å²) in [5.74, 6) is 0.217. The van der Waals surface area contributed by atoms with Crippen molar-refractivity contribution < 1.29 is 14.1 Å². The summed E-state index contributed by atoms with van der Waals surface area (Å²) < 4.78 is 5.73. The number of carbonyl (C=O) groups excluding carboxylic acids is 1. The van der Waals surface area contributed by atoms with Crippen LogP contribution in [-0.2, 0) is 0 Å². The summed E-state index contributed by atoms with van der Waals surface area (Å²) in [4.78, 5) is 23.0. The maximum atomic E-state index is 12.4. The minimum absolute atomic E-state index is 0.147. The van der Waals surface area contributed by atoms with E-state index in [0.29, 0.717) is 11.4 Å². The number of anilines is 1. The van der Waals surface area contributed by atoms with Crippen molar-refractivity contribution in [1.29, 1.82) is 0 Å². The molecule has 0 aliphatic rings. The zero-order chi connectivity index (χ0) is 18.0. The number of para-hydroxylation sites is 1. The van der Waals surface area contributed by atoms with Gasteiger partial charge >= 0.3 is 0 Å². The molecule has 1 amide bonds. The highest BCUT2D eigenvalue weighted by Crippen LogP contribution is 2.26. The highest BCUT2D eigenvalue weighted by molar-refractivity contribution is 5.96. The number of hydrogen-bond donors (Lipinski definition) is 2. The summed E-state index contributed by atoms with van der Waals surface area (Å²) >= 11 is 0. The van der Waals surface area contributed by atoms with Crippen LogP contribution < -0.4 is 10.6 Å². The van der Waals surface area contributed by atoms with E-state index in [1.165, 1.54) is 12.1 Å². The largest absolute Gasteiger partial charge is 0.459 e. The summed E-state index contributed by atoms with van der Waals surface area (Å²) in [5, 5.41) is 17.6. The molecule has 25 heavy (non-hydrogen) atoms. The van der Waals surface area contributed by atoms with Gasteiger partial charge in [-0.15, -0.1) is 0 Å². The fraction of sp³-hybridized carbons (Fsp3) is 0.167. The van der Waals surface area contributed by atoms with Gasteiger partial charge in [0.05, 0.1) is 11.0 Å². The van der Waals surface area contributed by atoms with Gasteiger partial charge in [-0.05, 0) is 31.2 Å². The molecule has 2 aromatic carbocycles. The van der Waals surface area contributed by atoms with E-state index >= 15 is 0 Å². The molecule has 7 nitrogen and oxygen atoms in total. The molecule has 0 spiro atoms. The van der Waals surface area contributed by atoms with E-state index in [9.17, 15) is 14.9 Å². The molecule has 0 saturated carbocycles. The first-order valence-corrected chi connectivity index (χ1v) is 7.75. The molecule has 0 fully saturated rings. The van der Waals surface area contributed by atoms with E-state index < -0.39 is 10.8 Å². The summed E-state index contributed by atoms with van der Waals surface area (Å²) in [6, 6.07) is 13.4. The van der Waals surface area contributed by atoms with E-state index in [1.807, 2.05) is 30.3 Å². The number of amides is 1. The zero-order valence-electron chi connectivity index (χ0n) is 13.8. The van der Waals surface area contributed by atoms with Crippen molar-refractivity contribution in [2.45, 2.75) is 13.0 Å². The van der Waals surface area contributed by atoms with Crippen molar-refractivity contribution in [3.05, 3.63) is 70.0 Å². The van der Waals surface area contributed by atoms with Gasteiger partial charge in [-0.3, -0.25) is 14.9 Å². The zero-order valence-corrected chi connectivity index (χ0v) is 13.8. The number of furan rings is 1. The Morgan fingerprint density at radius 1 is 1.20 bits per heavy atom. The Bertz CT molecular complexity index is 915. The van der Waals surface area contributed by atoms with Crippen LogP contribution in [0.5, 0.6) is 0 Å². The van der Waals surface area contributed by atoms with E-state index in [2.05, 4.69) is 10.6 Å². The first kappa shape index (κ1) is 16.5. The van der Waals surface area contributed by atoms with Crippen molar-refractivity contribution in [2.24, 2.45) is 0 Å². The molecule has 0 radical (unpaired) electrons. The molecule has 1 heterocycles. The van der Waals surface area contributed by atoms with Gasteiger partial charge < -0.3 is 15.1 Å². The average Bonchev–Trinajstić information content (AvgIpc) is 3.05. The second-order valence-corrected chi connectivity index (χ2v) is 5.62. The van der Waals surface area contributed by atoms with Crippen LogP contribution in [0.4, 0.5) is 11.4 Å². The van der Waals surface area contributed by atoms with Gasteiger partial charge in [0.25, 0.3) is 11.6 Å². The number of nitro benzene ring substituents is 1. The van der Waals surface area contributed by atoms with Gasteiger partial charge in [-0.2, -0.15) is 0 Å². The lowest BCUT2D eigenvalue weighted by atomic mass is 10.1. The van der Waals surface area contributed by atoms with Crippen molar-refractivity contribution in [3.8, 4) is 0 Å². The molecule has 0 unspecified atom stereocenters. The fourth-order valence-electron chi connectivity index (χ4n) is 2.60. The summed E-state index contributed by atoms with van der Waals surface area (Å²) in [6.45, 7) is 1.80. The normalized spacial score (nSPS) is 11.9. The van der Waals surface area contributed by atoms with Crippen LogP contribution in [0.15, 0.2) is 52.9 Å². The number of nitrogens with one attached hydrogen (secondary N) is 2. The minimum atomic E-state index is -0.523. The Morgan fingerprint density at radius 2 is 1.96 bits per heavy atom. The first-order valence-electron chi connectivity index (χ1n) is 7.75. The number of nitrogens with zero attached hydrogens (tertiary/aromatic N) is 1. The van der Waals surface area contributed by atoms with Crippen molar-refractivity contribution >= 4 is 28.3 Å². The van der Waals surface area contributed by atoms with Gasteiger partial charge in [0.2, 0.25) is 0 Å². The molecular weight excluding hydrogens is 322 g/mol. The van der Waals surface area contributed by atoms with Crippen LogP contribution in [0.2, 0.25) is 0 Å². The monoisotopic (exact) mass is 339 g/mol. The lowest BCUT2D eigenvalue weighted by Gasteiger charge is -2.12. The number of rotatable bonds is 5. The first-order chi connectivity index (χ1) is 12.0. The minimum Gasteiger partial charge on any atom is -0.459 e. The quantitative estimate of drug-likeness (QED) is 0.543. The second kappa shape index (κ2) is 6.64. The Morgan fingerprint density at radius 3 is 2.64 bits per heavy atom. The molecule has 0 aliphatic carbocycles. The van der Waals surface area contributed by atoms with Crippen molar-refractivity contribution in [1.82, 2.24) is 5.32 Å². The topological polar surface area (TPSA) is 97.4 Å². The third-order valence-corrected chi connectivity index (χ3v) is 3.94. The Hall–Kier alpha value is -3.35. The number of hydrogen-bond acceptors (Lipinski definition) is 5. The summed E-state index contributed by atoms with van der Waals surface area (Å²) in [6.07, 6.45) is 0. The van der Waals surface area contributed by atoms with Gasteiger partial charge in [-0.1, -0.05) is 18.2 Å². The smallest absolute Gasteiger partial charge is 0.293 e. The molecule has 2 N–H and O–H groups in total. The fourth-order valence-corrected chi connectivity index (χ4v) is 2.60. The Labute approximate surface area is 143 Å². The maximum Gasteiger partial charge on any atom is 0.293 e. The molecule has 7 heteroatoms. The van der Waals surface area contributed by atoms with E-state index in [1.54, 1.807) is 20.0 Å². The lowest BCUT2D eigenvalue weighted by molar-refractivity contribution is -0.384. The van der Waals surface area contributed by atoms with Crippen LogP contribution in [0.1, 0.15) is 29.1 Å². The van der Waals surface area contributed by atoms with Crippen LogP contribution >= 0.6 is 0 Å². The molecule has 0 aliphatic heterocycles. The molecule has 1 atom stereocenters. The Balaban J connectivity index is 1.81. The number of benzene rings is 2. The molecule has 128 valence electrons. The number of carbonyl (C=O) groups is 1. The van der Waals surface area contributed by atoms with Gasteiger partial charge in [0.15, 0.2) is 0 Å². The molecule has 0 saturated heterocycles. The third-order valence-electron chi connectivity index (χ3n) is 3.94. The predicted octanol–water partition coefficient (Wildman–Crippen LogP) is 3.87. The van der Waals surface area contributed by atoms with Crippen LogP contribution in [0.3, 0.4) is 0 Å².